The molecular weight excluding hydrogens is 384 g/mol. The molecule has 3 rings (SSSR count). The molecule has 29 heavy (non-hydrogen) atoms. The summed E-state index contributed by atoms with van der Waals surface area (Å²) < 4.78 is 0. The summed E-state index contributed by atoms with van der Waals surface area (Å²) in [6.07, 6.45) is 6.16. The van der Waals surface area contributed by atoms with Crippen LogP contribution in [0.5, 0.6) is 0 Å². The quantitative estimate of drug-likeness (QED) is 0.357. The van der Waals surface area contributed by atoms with Gasteiger partial charge in [-0.2, -0.15) is 0 Å². The molecule has 1 saturated heterocycles. The highest BCUT2D eigenvalue weighted by Crippen LogP contribution is 2.41. The normalized spacial score (nSPS) is 13.7. The third kappa shape index (κ3) is 5.67. The Morgan fingerprint density at radius 2 is 1.93 bits per heavy atom. The predicted octanol–water partition coefficient (Wildman–Crippen LogP) is 4.48. The zero-order valence-electron chi connectivity index (χ0n) is 16.7. The number of unbranched alkanes of at least 4 members (excludes halogenated alkanes) is 1. The molecule has 1 fully saturated rings. The van der Waals surface area contributed by atoms with Crippen molar-refractivity contribution in [3.63, 3.8) is 0 Å². The fourth-order valence-electron chi connectivity index (χ4n) is 3.77. The zero-order valence-corrected chi connectivity index (χ0v) is 17.4. The van der Waals surface area contributed by atoms with Crippen LogP contribution in [0.1, 0.15) is 37.7 Å². The number of nitrogens with one attached hydrogen (secondary N) is 1. The molecule has 0 aliphatic carbocycles. The van der Waals surface area contributed by atoms with Crippen LogP contribution in [0.15, 0.2) is 30.3 Å². The van der Waals surface area contributed by atoms with E-state index >= 15 is 0 Å². The van der Waals surface area contributed by atoms with E-state index in [0.29, 0.717) is 5.02 Å². The van der Waals surface area contributed by atoms with Gasteiger partial charge in [0.1, 0.15) is 6.61 Å². The number of aryl methyl sites for hydroxylation is 1. The molecule has 2 aromatic carbocycles. The van der Waals surface area contributed by atoms with Gasteiger partial charge < -0.3 is 20.4 Å². The van der Waals surface area contributed by atoms with Crippen molar-refractivity contribution < 1.29 is 10.2 Å². The number of halogens is 1. The van der Waals surface area contributed by atoms with Crippen LogP contribution >= 0.6 is 11.6 Å². The van der Waals surface area contributed by atoms with Crippen molar-refractivity contribution in [3.05, 3.63) is 47.0 Å². The third-order valence-electron chi connectivity index (χ3n) is 5.18. The largest absolute Gasteiger partial charge is 0.396 e. The van der Waals surface area contributed by atoms with Gasteiger partial charge in [-0.05, 0) is 68.4 Å². The van der Waals surface area contributed by atoms with Gasteiger partial charge in [0.2, 0.25) is 0 Å². The van der Waals surface area contributed by atoms with Gasteiger partial charge in [-0.1, -0.05) is 29.7 Å². The molecule has 1 heterocycles. The Morgan fingerprint density at radius 1 is 1.10 bits per heavy atom. The van der Waals surface area contributed by atoms with Crippen LogP contribution in [0.3, 0.4) is 0 Å². The van der Waals surface area contributed by atoms with Crippen LogP contribution in [0, 0.1) is 18.0 Å². The van der Waals surface area contributed by atoms with Crippen molar-refractivity contribution in [3.8, 4) is 23.1 Å². The highest BCUT2D eigenvalue weighted by atomic mass is 35.5. The first-order valence-electron chi connectivity index (χ1n) is 10.3. The number of hydrogen-bond acceptors (Lipinski definition) is 4. The topological polar surface area (TPSA) is 55.7 Å². The number of rotatable bonds is 7. The molecule has 1 radical (unpaired) electrons. The zero-order chi connectivity index (χ0) is 20.5. The number of para-hydroxylation sites is 1. The Kier molecular flexibility index (Phi) is 8.25. The number of nitrogens with zero attached hydrogens (tertiary/aromatic N) is 1. The second-order valence-corrected chi connectivity index (χ2v) is 7.64. The molecule has 0 unspecified atom stereocenters. The van der Waals surface area contributed by atoms with Crippen molar-refractivity contribution >= 4 is 23.0 Å². The average Bonchev–Trinajstić information content (AvgIpc) is 2.76. The molecule has 4 nitrogen and oxygen atoms in total. The van der Waals surface area contributed by atoms with Gasteiger partial charge in [0.15, 0.2) is 0 Å². The fraction of sp³-hybridized carbons (Fsp3) is 0.417. The molecule has 0 saturated carbocycles. The predicted molar refractivity (Wildman–Crippen MR) is 120 cm³/mol. The smallest absolute Gasteiger partial charge is 0.106 e. The summed E-state index contributed by atoms with van der Waals surface area (Å²) in [5.41, 5.74) is 5.19. The monoisotopic (exact) mass is 411 g/mol. The number of piperidine rings is 1. The first kappa shape index (κ1) is 21.5. The fourth-order valence-corrected chi connectivity index (χ4v) is 3.98. The van der Waals surface area contributed by atoms with Crippen molar-refractivity contribution in [2.45, 2.75) is 38.5 Å². The van der Waals surface area contributed by atoms with Gasteiger partial charge in [-0.15, -0.1) is 0 Å². The van der Waals surface area contributed by atoms with E-state index in [9.17, 15) is 0 Å². The molecule has 0 bridgehead atoms. The minimum absolute atomic E-state index is 0.177. The van der Waals surface area contributed by atoms with E-state index in [1.54, 1.807) is 0 Å². The molecule has 5 heteroatoms. The number of anilines is 2. The average molecular weight is 412 g/mol. The lowest BCUT2D eigenvalue weighted by Gasteiger charge is -2.32. The van der Waals surface area contributed by atoms with Crippen LogP contribution < -0.4 is 10.2 Å². The second-order valence-electron chi connectivity index (χ2n) is 7.23. The van der Waals surface area contributed by atoms with E-state index in [1.807, 2.05) is 18.2 Å². The van der Waals surface area contributed by atoms with E-state index in [1.165, 1.54) is 19.3 Å². The highest BCUT2D eigenvalue weighted by molar-refractivity contribution is 6.33. The van der Waals surface area contributed by atoms with Gasteiger partial charge in [-0.3, -0.25) is 0 Å². The molecule has 1 aliphatic heterocycles. The van der Waals surface area contributed by atoms with Gasteiger partial charge in [-0.25, -0.2) is 0 Å². The minimum Gasteiger partial charge on any atom is -0.396 e. The lowest BCUT2D eigenvalue weighted by atomic mass is 9.96. The Morgan fingerprint density at radius 3 is 2.69 bits per heavy atom. The van der Waals surface area contributed by atoms with Crippen LogP contribution in [0.4, 0.5) is 11.4 Å². The molecule has 3 N–H and O–H groups in total. The maximum Gasteiger partial charge on any atom is 0.106 e. The van der Waals surface area contributed by atoms with E-state index < -0.39 is 0 Å². The van der Waals surface area contributed by atoms with Crippen molar-refractivity contribution in [1.82, 2.24) is 0 Å². The summed E-state index contributed by atoms with van der Waals surface area (Å²) >= 11 is 6.61. The van der Waals surface area contributed by atoms with Gasteiger partial charge in [0.05, 0.1) is 11.4 Å². The number of aliphatic hydroxyl groups is 2. The maximum atomic E-state index is 9.05. The van der Waals surface area contributed by atoms with Crippen LogP contribution in [0.2, 0.25) is 5.02 Å². The standard InChI is InChI=1S/C24H28ClN2O2/c25-22-12-11-19(8-2-5-16-28)18-21(22)20-9-6-10-23(26-13-7-17-29)24(20)27-14-3-1-4-15-27/h6,9-10,12,18,26,28-29H,1-5,8,14-17H2. The van der Waals surface area contributed by atoms with Crippen molar-refractivity contribution in [1.29, 1.82) is 0 Å². The SMILES string of the molecule is OCC#CNc1cccc(-c2cc(CCCCO)[c]cc2Cl)c1N1CCCCC1. The number of benzene rings is 2. The molecule has 0 amide bonds. The van der Waals surface area contributed by atoms with Crippen LogP contribution in [0.25, 0.3) is 11.1 Å². The molecule has 1 aliphatic rings. The highest BCUT2D eigenvalue weighted by Gasteiger charge is 2.20. The second kappa shape index (κ2) is 11.1. The van der Waals surface area contributed by atoms with Crippen LogP contribution in [-0.4, -0.2) is 36.5 Å². The summed E-state index contributed by atoms with van der Waals surface area (Å²) in [5, 5.41) is 21.9. The molecule has 0 atom stereocenters. The summed E-state index contributed by atoms with van der Waals surface area (Å²) in [6.45, 7) is 2.03. The molecule has 0 spiro atoms. The van der Waals surface area contributed by atoms with Crippen molar-refractivity contribution in [2.24, 2.45) is 0 Å². The Labute approximate surface area is 178 Å². The summed E-state index contributed by atoms with van der Waals surface area (Å²) in [6, 6.07) is 16.2. The van der Waals surface area contributed by atoms with E-state index in [0.717, 1.165) is 60.4 Å². The van der Waals surface area contributed by atoms with Gasteiger partial charge >= 0.3 is 0 Å². The third-order valence-corrected chi connectivity index (χ3v) is 5.49. The van der Waals surface area contributed by atoms with E-state index in [2.05, 4.69) is 40.4 Å². The summed E-state index contributed by atoms with van der Waals surface area (Å²) in [7, 11) is 0. The lowest BCUT2D eigenvalue weighted by molar-refractivity contribution is 0.284. The maximum absolute atomic E-state index is 9.05. The summed E-state index contributed by atoms with van der Waals surface area (Å²) in [4.78, 5) is 2.40. The molecule has 0 aromatic heterocycles. The van der Waals surface area contributed by atoms with Gasteiger partial charge in [0.25, 0.3) is 0 Å². The minimum atomic E-state index is -0.177. The molecule has 2 aromatic rings. The molecular formula is C24H28ClN2O2. The van der Waals surface area contributed by atoms with E-state index in [4.69, 9.17) is 21.8 Å². The van der Waals surface area contributed by atoms with Crippen molar-refractivity contribution in [2.75, 3.05) is 36.5 Å². The lowest BCUT2D eigenvalue weighted by Crippen LogP contribution is -2.30. The molecule has 153 valence electrons. The first-order valence-corrected chi connectivity index (χ1v) is 10.7. The number of hydrogen-bond donors (Lipinski definition) is 3. The Hall–Kier alpha value is -2.19. The first-order chi connectivity index (χ1) is 14.2. The Balaban J connectivity index is 2.03. The Bertz CT molecular complexity index is 867. The number of aliphatic hydroxyl groups excluding tert-OH is 2. The summed E-state index contributed by atoms with van der Waals surface area (Å²) in [5.74, 6) is 2.66. The van der Waals surface area contributed by atoms with Crippen LogP contribution in [-0.2, 0) is 6.42 Å². The van der Waals surface area contributed by atoms with Gasteiger partial charge in [0, 0.05) is 41.9 Å². The van der Waals surface area contributed by atoms with E-state index in [-0.39, 0.29) is 13.2 Å².